The SMILES string of the molecule is CC(C)n1c2ccccc2n2c(SCC(=O)NC3CCCC3)nnc12. The molecule has 2 heterocycles. The van der Waals surface area contributed by atoms with Gasteiger partial charge in [0.25, 0.3) is 0 Å². The molecule has 0 saturated heterocycles. The quantitative estimate of drug-likeness (QED) is 0.711. The molecule has 1 fully saturated rings. The standard InChI is InChI=1S/C18H23N5OS/c1-12(2)22-14-9-5-6-10-15(14)23-17(22)20-21-18(23)25-11-16(24)19-13-7-3-4-8-13/h5-6,9-10,12-13H,3-4,7-8,11H2,1-2H3,(H,19,24). The Morgan fingerprint density at radius 2 is 1.96 bits per heavy atom. The van der Waals surface area contributed by atoms with Crippen molar-refractivity contribution in [3.05, 3.63) is 24.3 Å². The van der Waals surface area contributed by atoms with E-state index in [1.807, 2.05) is 12.1 Å². The number of benzene rings is 1. The summed E-state index contributed by atoms with van der Waals surface area (Å²) in [6.45, 7) is 4.28. The van der Waals surface area contributed by atoms with Crippen LogP contribution in [0, 0.1) is 0 Å². The van der Waals surface area contributed by atoms with Crippen LogP contribution in [0.15, 0.2) is 29.4 Å². The maximum atomic E-state index is 12.2. The zero-order valence-electron chi connectivity index (χ0n) is 14.6. The molecular formula is C18H23N5OS. The van der Waals surface area contributed by atoms with Gasteiger partial charge in [0.1, 0.15) is 0 Å². The third-order valence-corrected chi connectivity index (χ3v) is 5.71. The minimum atomic E-state index is 0.0845. The maximum absolute atomic E-state index is 12.2. The molecule has 25 heavy (non-hydrogen) atoms. The highest BCUT2D eigenvalue weighted by Crippen LogP contribution is 2.28. The molecule has 0 spiro atoms. The Morgan fingerprint density at radius 3 is 2.68 bits per heavy atom. The van der Waals surface area contributed by atoms with Crippen molar-refractivity contribution in [2.75, 3.05) is 5.75 Å². The third kappa shape index (κ3) is 3.01. The van der Waals surface area contributed by atoms with E-state index in [-0.39, 0.29) is 11.9 Å². The van der Waals surface area contributed by atoms with Gasteiger partial charge in [-0.3, -0.25) is 9.20 Å². The highest BCUT2D eigenvalue weighted by atomic mass is 32.2. The Bertz CT molecular complexity index is 907. The summed E-state index contributed by atoms with van der Waals surface area (Å²) in [6.07, 6.45) is 4.65. The molecule has 1 aliphatic carbocycles. The number of amides is 1. The van der Waals surface area contributed by atoms with Gasteiger partial charge < -0.3 is 9.88 Å². The number of imidazole rings is 1. The summed E-state index contributed by atoms with van der Waals surface area (Å²) in [5.74, 6) is 1.29. The number of carbonyl (C=O) groups excluding carboxylic acids is 1. The zero-order valence-corrected chi connectivity index (χ0v) is 15.4. The summed E-state index contributed by atoms with van der Waals surface area (Å²) in [5, 5.41) is 12.6. The van der Waals surface area contributed by atoms with Gasteiger partial charge in [-0.2, -0.15) is 0 Å². The number of para-hydroxylation sites is 2. The lowest BCUT2D eigenvalue weighted by atomic mass is 10.2. The van der Waals surface area contributed by atoms with Crippen molar-refractivity contribution in [2.45, 2.75) is 56.8 Å². The normalized spacial score (nSPS) is 15.6. The fourth-order valence-electron chi connectivity index (χ4n) is 3.67. The second-order valence-corrected chi connectivity index (χ2v) is 7.85. The first-order valence-corrected chi connectivity index (χ1v) is 9.90. The molecule has 7 heteroatoms. The van der Waals surface area contributed by atoms with Gasteiger partial charge in [0.15, 0.2) is 5.16 Å². The Hall–Kier alpha value is -2.02. The number of fused-ring (bicyclic) bond motifs is 3. The average Bonchev–Trinajstić information content (AvgIpc) is 3.28. The molecule has 0 bridgehead atoms. The highest BCUT2D eigenvalue weighted by molar-refractivity contribution is 7.99. The van der Waals surface area contributed by atoms with E-state index in [0.717, 1.165) is 34.8 Å². The Morgan fingerprint density at radius 1 is 1.24 bits per heavy atom. The first-order chi connectivity index (χ1) is 12.1. The number of nitrogens with zero attached hydrogens (tertiary/aromatic N) is 4. The van der Waals surface area contributed by atoms with Gasteiger partial charge in [-0.05, 0) is 38.8 Å². The fourth-order valence-corrected chi connectivity index (χ4v) is 4.42. The largest absolute Gasteiger partial charge is 0.353 e. The van der Waals surface area contributed by atoms with Crippen molar-refractivity contribution >= 4 is 34.5 Å². The van der Waals surface area contributed by atoms with E-state index < -0.39 is 0 Å². The monoisotopic (exact) mass is 357 g/mol. The van der Waals surface area contributed by atoms with Gasteiger partial charge in [-0.25, -0.2) is 0 Å². The van der Waals surface area contributed by atoms with Gasteiger partial charge in [-0.15, -0.1) is 10.2 Å². The maximum Gasteiger partial charge on any atom is 0.237 e. The van der Waals surface area contributed by atoms with Crippen LogP contribution >= 0.6 is 11.8 Å². The molecule has 4 rings (SSSR count). The average molecular weight is 357 g/mol. The lowest BCUT2D eigenvalue weighted by Crippen LogP contribution is -2.33. The van der Waals surface area contributed by atoms with Crippen LogP contribution in [0.1, 0.15) is 45.6 Å². The highest BCUT2D eigenvalue weighted by Gasteiger charge is 2.20. The molecule has 6 nitrogen and oxygen atoms in total. The van der Waals surface area contributed by atoms with Crippen molar-refractivity contribution in [1.29, 1.82) is 0 Å². The second-order valence-electron chi connectivity index (χ2n) is 6.91. The topological polar surface area (TPSA) is 64.2 Å². The number of rotatable bonds is 5. The molecule has 0 atom stereocenters. The smallest absolute Gasteiger partial charge is 0.237 e. The van der Waals surface area contributed by atoms with Gasteiger partial charge in [0, 0.05) is 12.1 Å². The van der Waals surface area contributed by atoms with Crippen LogP contribution in [0.3, 0.4) is 0 Å². The molecule has 1 aliphatic rings. The summed E-state index contributed by atoms with van der Waals surface area (Å²) < 4.78 is 4.24. The number of aromatic nitrogens is 4. The number of carbonyl (C=O) groups is 1. The van der Waals surface area contributed by atoms with Crippen LogP contribution in [0.2, 0.25) is 0 Å². The van der Waals surface area contributed by atoms with Gasteiger partial charge in [0.05, 0.1) is 16.8 Å². The molecule has 1 aromatic carbocycles. The van der Waals surface area contributed by atoms with E-state index in [9.17, 15) is 4.79 Å². The van der Waals surface area contributed by atoms with E-state index in [4.69, 9.17) is 0 Å². The molecule has 1 saturated carbocycles. The number of hydrogen-bond donors (Lipinski definition) is 1. The molecule has 1 amide bonds. The predicted molar refractivity (Wildman–Crippen MR) is 100.0 cm³/mol. The predicted octanol–water partition coefficient (Wildman–Crippen LogP) is 3.42. The van der Waals surface area contributed by atoms with Crippen molar-refractivity contribution in [2.24, 2.45) is 0 Å². The molecule has 3 aromatic rings. The summed E-state index contributed by atoms with van der Waals surface area (Å²) in [4.78, 5) is 12.2. The lowest BCUT2D eigenvalue weighted by molar-refractivity contribution is -0.119. The minimum absolute atomic E-state index is 0.0845. The fraction of sp³-hybridized carbons (Fsp3) is 0.500. The van der Waals surface area contributed by atoms with Gasteiger partial charge in [0.2, 0.25) is 11.7 Å². The number of thioether (sulfide) groups is 1. The van der Waals surface area contributed by atoms with Gasteiger partial charge >= 0.3 is 0 Å². The van der Waals surface area contributed by atoms with Crippen molar-refractivity contribution in [1.82, 2.24) is 24.5 Å². The van der Waals surface area contributed by atoms with Crippen LogP contribution in [-0.2, 0) is 4.79 Å². The number of hydrogen-bond acceptors (Lipinski definition) is 4. The van der Waals surface area contributed by atoms with Crippen molar-refractivity contribution < 1.29 is 4.79 Å². The molecule has 2 aromatic heterocycles. The first kappa shape index (κ1) is 16.4. The van der Waals surface area contributed by atoms with Crippen LogP contribution in [0.4, 0.5) is 0 Å². The third-order valence-electron chi connectivity index (χ3n) is 4.78. The Kier molecular flexibility index (Phi) is 4.41. The summed E-state index contributed by atoms with van der Waals surface area (Å²) in [5.41, 5.74) is 2.22. The van der Waals surface area contributed by atoms with E-state index in [0.29, 0.717) is 11.8 Å². The van der Waals surface area contributed by atoms with Crippen LogP contribution in [0.25, 0.3) is 16.8 Å². The Balaban J connectivity index is 1.60. The summed E-state index contributed by atoms with van der Waals surface area (Å²) in [7, 11) is 0. The molecule has 0 radical (unpaired) electrons. The Labute approximate surface area is 151 Å². The molecular weight excluding hydrogens is 334 g/mol. The van der Waals surface area contributed by atoms with Crippen molar-refractivity contribution in [3.63, 3.8) is 0 Å². The summed E-state index contributed by atoms with van der Waals surface area (Å²) >= 11 is 1.45. The van der Waals surface area contributed by atoms with Crippen LogP contribution in [0.5, 0.6) is 0 Å². The molecule has 132 valence electrons. The number of nitrogens with one attached hydrogen (secondary N) is 1. The molecule has 0 unspecified atom stereocenters. The molecule has 0 aliphatic heterocycles. The second kappa shape index (κ2) is 6.71. The first-order valence-electron chi connectivity index (χ1n) is 8.91. The van der Waals surface area contributed by atoms with Crippen LogP contribution in [-0.4, -0.2) is 36.9 Å². The summed E-state index contributed by atoms with van der Waals surface area (Å²) in [6, 6.07) is 8.88. The van der Waals surface area contributed by atoms with Crippen LogP contribution < -0.4 is 5.32 Å². The zero-order chi connectivity index (χ0) is 17.4. The molecule has 1 N–H and O–H groups in total. The minimum Gasteiger partial charge on any atom is -0.353 e. The van der Waals surface area contributed by atoms with Crippen molar-refractivity contribution in [3.8, 4) is 0 Å². The van der Waals surface area contributed by atoms with E-state index in [1.165, 1.54) is 24.6 Å². The van der Waals surface area contributed by atoms with Gasteiger partial charge in [-0.1, -0.05) is 36.7 Å². The van der Waals surface area contributed by atoms with E-state index in [1.54, 1.807) is 0 Å². The lowest BCUT2D eigenvalue weighted by Gasteiger charge is -2.10. The van der Waals surface area contributed by atoms with E-state index in [2.05, 4.69) is 50.5 Å². The van der Waals surface area contributed by atoms with E-state index >= 15 is 0 Å².